The SMILES string of the molecule is CCOC(=O)[C@]1(CO)N[C@H](c2ccc(OC)cc2OC)[C@@H]2C(=O)N(CC)C(=O)[C@H]21. The summed E-state index contributed by atoms with van der Waals surface area (Å²) in [6.45, 7) is 2.91. The molecule has 1 aromatic carbocycles. The molecule has 0 radical (unpaired) electrons. The number of likely N-dealkylation sites (tertiary alicyclic amines) is 1. The Morgan fingerprint density at radius 2 is 1.93 bits per heavy atom. The number of hydrogen-bond donors (Lipinski definition) is 2. The predicted molar refractivity (Wildman–Crippen MR) is 101 cm³/mol. The van der Waals surface area contributed by atoms with Crippen LogP contribution < -0.4 is 14.8 Å². The zero-order chi connectivity index (χ0) is 21.3. The minimum absolute atomic E-state index is 0.0792. The average Bonchev–Trinajstić information content (AvgIpc) is 3.21. The molecular weight excluding hydrogens is 380 g/mol. The Bertz CT molecular complexity index is 827. The van der Waals surface area contributed by atoms with Crippen molar-refractivity contribution >= 4 is 17.8 Å². The number of methoxy groups -OCH3 is 2. The minimum Gasteiger partial charge on any atom is -0.497 e. The predicted octanol–water partition coefficient (Wildman–Crippen LogP) is 0.263. The first kappa shape index (κ1) is 21.1. The molecule has 0 bridgehead atoms. The first-order valence-electron chi connectivity index (χ1n) is 9.53. The van der Waals surface area contributed by atoms with E-state index in [0.717, 1.165) is 4.90 Å². The lowest BCUT2D eigenvalue weighted by Crippen LogP contribution is -2.59. The second-order valence-electron chi connectivity index (χ2n) is 7.00. The third-order valence-electron chi connectivity index (χ3n) is 5.73. The maximum atomic E-state index is 13.1. The molecule has 158 valence electrons. The molecule has 3 rings (SSSR count). The maximum Gasteiger partial charge on any atom is 0.329 e. The van der Waals surface area contributed by atoms with Gasteiger partial charge in [-0.25, -0.2) is 4.79 Å². The van der Waals surface area contributed by atoms with Crippen LogP contribution in [0.5, 0.6) is 11.5 Å². The molecule has 0 aromatic heterocycles. The van der Waals surface area contributed by atoms with Crippen LogP contribution in [0.25, 0.3) is 0 Å². The molecule has 9 heteroatoms. The van der Waals surface area contributed by atoms with Gasteiger partial charge in [-0.05, 0) is 19.9 Å². The normalized spacial score (nSPS) is 28.4. The summed E-state index contributed by atoms with van der Waals surface area (Å²) in [4.78, 5) is 40.1. The summed E-state index contributed by atoms with van der Waals surface area (Å²) >= 11 is 0. The number of amides is 2. The third-order valence-corrected chi connectivity index (χ3v) is 5.73. The standard InChI is InChI=1S/C20H26N2O7/c1-5-22-17(24)14-15(18(22)25)20(10-23,19(26)29-6-2)21-16(14)12-8-7-11(27-3)9-13(12)28-4/h7-9,14-16,21,23H,5-6,10H2,1-4H3/t14-,15+,16-,20-/m1/s1. The monoisotopic (exact) mass is 406 g/mol. The van der Waals surface area contributed by atoms with Gasteiger partial charge in [0.25, 0.3) is 0 Å². The summed E-state index contributed by atoms with van der Waals surface area (Å²) in [5.74, 6) is -2.59. The smallest absolute Gasteiger partial charge is 0.329 e. The fraction of sp³-hybridized carbons (Fsp3) is 0.550. The number of aliphatic hydroxyl groups excluding tert-OH is 1. The van der Waals surface area contributed by atoms with Crippen molar-refractivity contribution in [1.82, 2.24) is 10.2 Å². The molecular formula is C20H26N2O7. The molecule has 2 saturated heterocycles. The van der Waals surface area contributed by atoms with Gasteiger partial charge in [-0.15, -0.1) is 0 Å². The van der Waals surface area contributed by atoms with Crippen LogP contribution in [0, 0.1) is 11.8 Å². The Kier molecular flexibility index (Phi) is 5.81. The summed E-state index contributed by atoms with van der Waals surface area (Å²) in [6.07, 6.45) is 0. The Hall–Kier alpha value is -2.65. The molecule has 29 heavy (non-hydrogen) atoms. The van der Waals surface area contributed by atoms with Gasteiger partial charge in [0.2, 0.25) is 11.8 Å². The number of esters is 1. The van der Waals surface area contributed by atoms with Crippen molar-refractivity contribution in [3.8, 4) is 11.5 Å². The van der Waals surface area contributed by atoms with Gasteiger partial charge in [0.1, 0.15) is 11.5 Å². The Labute approximate surface area is 168 Å². The molecule has 4 atom stereocenters. The van der Waals surface area contributed by atoms with E-state index in [4.69, 9.17) is 14.2 Å². The number of ether oxygens (including phenoxy) is 3. The van der Waals surface area contributed by atoms with E-state index in [1.807, 2.05) is 0 Å². The number of nitrogens with one attached hydrogen (secondary N) is 1. The second-order valence-corrected chi connectivity index (χ2v) is 7.00. The number of carbonyl (C=O) groups is 3. The molecule has 0 saturated carbocycles. The highest BCUT2D eigenvalue weighted by Crippen LogP contribution is 2.50. The number of hydrogen-bond acceptors (Lipinski definition) is 8. The molecule has 2 aliphatic rings. The lowest BCUT2D eigenvalue weighted by atomic mass is 9.79. The molecule has 2 fully saturated rings. The zero-order valence-corrected chi connectivity index (χ0v) is 16.9. The number of benzene rings is 1. The molecule has 2 aliphatic heterocycles. The highest BCUT2D eigenvalue weighted by Gasteiger charge is 2.68. The number of imide groups is 1. The van der Waals surface area contributed by atoms with Crippen molar-refractivity contribution < 1.29 is 33.7 Å². The summed E-state index contributed by atoms with van der Waals surface area (Å²) in [7, 11) is 3.00. The van der Waals surface area contributed by atoms with E-state index in [-0.39, 0.29) is 13.2 Å². The van der Waals surface area contributed by atoms with E-state index in [1.165, 1.54) is 14.2 Å². The summed E-state index contributed by atoms with van der Waals surface area (Å²) < 4.78 is 15.9. The zero-order valence-electron chi connectivity index (χ0n) is 16.9. The Morgan fingerprint density at radius 3 is 2.48 bits per heavy atom. The van der Waals surface area contributed by atoms with Crippen molar-refractivity contribution in [1.29, 1.82) is 0 Å². The fourth-order valence-corrected chi connectivity index (χ4v) is 4.37. The lowest BCUT2D eigenvalue weighted by molar-refractivity contribution is -0.158. The minimum atomic E-state index is -1.72. The van der Waals surface area contributed by atoms with Crippen LogP contribution >= 0.6 is 0 Å². The van der Waals surface area contributed by atoms with Crippen molar-refractivity contribution in [2.75, 3.05) is 34.0 Å². The van der Waals surface area contributed by atoms with E-state index in [1.54, 1.807) is 32.0 Å². The first-order chi connectivity index (χ1) is 13.9. The summed E-state index contributed by atoms with van der Waals surface area (Å²) in [5.41, 5.74) is -1.13. The van der Waals surface area contributed by atoms with Crippen LogP contribution in [0.1, 0.15) is 25.5 Å². The van der Waals surface area contributed by atoms with E-state index in [0.29, 0.717) is 17.1 Å². The molecule has 0 spiro atoms. The quantitative estimate of drug-likeness (QED) is 0.490. The van der Waals surface area contributed by atoms with Crippen molar-refractivity contribution in [2.45, 2.75) is 25.4 Å². The van der Waals surface area contributed by atoms with E-state index in [2.05, 4.69) is 5.32 Å². The van der Waals surface area contributed by atoms with Crippen molar-refractivity contribution in [2.24, 2.45) is 11.8 Å². The fourth-order valence-electron chi connectivity index (χ4n) is 4.37. The van der Waals surface area contributed by atoms with Crippen molar-refractivity contribution in [3.05, 3.63) is 23.8 Å². The highest BCUT2D eigenvalue weighted by atomic mass is 16.5. The third kappa shape index (κ3) is 3.05. The number of aliphatic hydroxyl groups is 1. The van der Waals surface area contributed by atoms with Gasteiger partial charge in [-0.3, -0.25) is 19.8 Å². The lowest BCUT2D eigenvalue weighted by Gasteiger charge is -2.31. The molecule has 2 amide bonds. The van der Waals surface area contributed by atoms with Gasteiger partial charge in [-0.1, -0.05) is 6.07 Å². The Morgan fingerprint density at radius 1 is 1.21 bits per heavy atom. The van der Waals surface area contributed by atoms with Crippen LogP contribution in [-0.4, -0.2) is 67.3 Å². The Balaban J connectivity index is 2.16. The van der Waals surface area contributed by atoms with E-state index in [9.17, 15) is 19.5 Å². The van der Waals surface area contributed by atoms with Crippen LogP contribution in [0.3, 0.4) is 0 Å². The number of nitrogens with zero attached hydrogens (tertiary/aromatic N) is 1. The molecule has 0 aliphatic carbocycles. The van der Waals surface area contributed by atoms with Crippen LogP contribution in [-0.2, 0) is 19.1 Å². The number of carbonyl (C=O) groups excluding carboxylic acids is 3. The highest BCUT2D eigenvalue weighted by molar-refractivity contribution is 6.09. The van der Waals surface area contributed by atoms with Gasteiger partial charge in [0.15, 0.2) is 5.54 Å². The van der Waals surface area contributed by atoms with Gasteiger partial charge < -0.3 is 19.3 Å². The van der Waals surface area contributed by atoms with Crippen LogP contribution in [0.15, 0.2) is 18.2 Å². The van der Waals surface area contributed by atoms with E-state index < -0.39 is 47.8 Å². The number of rotatable bonds is 7. The molecule has 2 heterocycles. The van der Waals surface area contributed by atoms with Crippen LogP contribution in [0.4, 0.5) is 0 Å². The number of fused-ring (bicyclic) bond motifs is 1. The molecule has 1 aromatic rings. The largest absolute Gasteiger partial charge is 0.497 e. The van der Waals surface area contributed by atoms with Gasteiger partial charge in [0.05, 0.1) is 39.3 Å². The molecule has 2 N–H and O–H groups in total. The molecule has 9 nitrogen and oxygen atoms in total. The van der Waals surface area contributed by atoms with Gasteiger partial charge in [-0.2, -0.15) is 0 Å². The van der Waals surface area contributed by atoms with Gasteiger partial charge >= 0.3 is 5.97 Å². The summed E-state index contributed by atoms with van der Waals surface area (Å²) in [6, 6.07) is 4.35. The first-order valence-corrected chi connectivity index (χ1v) is 9.53. The topological polar surface area (TPSA) is 114 Å². The van der Waals surface area contributed by atoms with Crippen molar-refractivity contribution in [3.63, 3.8) is 0 Å². The summed E-state index contributed by atoms with van der Waals surface area (Å²) in [5, 5.41) is 13.3. The average molecular weight is 406 g/mol. The van der Waals surface area contributed by atoms with Crippen LogP contribution in [0.2, 0.25) is 0 Å². The molecule has 0 unspecified atom stereocenters. The van der Waals surface area contributed by atoms with E-state index >= 15 is 0 Å². The second kappa shape index (κ2) is 8.00. The van der Waals surface area contributed by atoms with Gasteiger partial charge in [0, 0.05) is 24.2 Å². The maximum absolute atomic E-state index is 13.1.